The molecule has 0 aliphatic carbocycles. The molecule has 1 aromatic heterocycles. The van der Waals surface area contributed by atoms with Gasteiger partial charge in [0.15, 0.2) is 0 Å². The molecule has 2 unspecified atom stereocenters. The van der Waals surface area contributed by atoms with E-state index in [0.717, 1.165) is 18.6 Å². The summed E-state index contributed by atoms with van der Waals surface area (Å²) in [4.78, 5) is 4.56. The van der Waals surface area contributed by atoms with Gasteiger partial charge >= 0.3 is 0 Å². The van der Waals surface area contributed by atoms with Crippen LogP contribution in [0.25, 0.3) is 11.0 Å². The van der Waals surface area contributed by atoms with Gasteiger partial charge in [0.2, 0.25) is 0 Å². The minimum Gasteiger partial charge on any atom is -0.327 e. The highest BCUT2D eigenvalue weighted by molar-refractivity contribution is 5.77. The predicted molar refractivity (Wildman–Crippen MR) is 86.2 cm³/mol. The molecule has 1 heterocycles. The number of rotatable bonds is 6. The zero-order valence-corrected chi connectivity index (χ0v) is 13.4. The molecule has 0 amide bonds. The fraction of sp³-hybridized carbons (Fsp3) is 0.588. The molecule has 3 heteroatoms. The minimum atomic E-state index is 0.450. The lowest BCUT2D eigenvalue weighted by atomic mass is 10.0. The Bertz CT molecular complexity index is 571. The summed E-state index contributed by atoms with van der Waals surface area (Å²) in [5.74, 6) is 0.584. The minimum absolute atomic E-state index is 0.450. The van der Waals surface area contributed by atoms with Crippen LogP contribution in [0.15, 0.2) is 18.5 Å². The highest BCUT2D eigenvalue weighted by Gasteiger charge is 2.16. The molecule has 0 aliphatic heterocycles. The van der Waals surface area contributed by atoms with E-state index in [1.54, 1.807) is 0 Å². The van der Waals surface area contributed by atoms with E-state index in [4.69, 9.17) is 0 Å². The maximum atomic E-state index is 4.56. The smallest absolute Gasteiger partial charge is 0.0960 e. The largest absolute Gasteiger partial charge is 0.327 e. The molecule has 2 aromatic rings. The first kappa shape index (κ1) is 15.0. The molecule has 0 saturated carbocycles. The highest BCUT2D eigenvalue weighted by Crippen LogP contribution is 2.25. The van der Waals surface area contributed by atoms with Gasteiger partial charge in [0.1, 0.15) is 0 Å². The number of aryl methyl sites for hydroxylation is 2. The van der Waals surface area contributed by atoms with Gasteiger partial charge in [0, 0.05) is 6.04 Å². The van der Waals surface area contributed by atoms with Crippen LogP contribution >= 0.6 is 0 Å². The number of hydrogen-bond acceptors (Lipinski definition) is 2. The second kappa shape index (κ2) is 6.40. The fourth-order valence-corrected chi connectivity index (χ4v) is 2.56. The summed E-state index contributed by atoms with van der Waals surface area (Å²) in [5, 5.41) is 3.51. The van der Waals surface area contributed by atoms with E-state index in [-0.39, 0.29) is 0 Å². The molecular formula is C17H27N3. The average molecular weight is 273 g/mol. The van der Waals surface area contributed by atoms with E-state index in [9.17, 15) is 0 Å². The summed E-state index contributed by atoms with van der Waals surface area (Å²) < 4.78 is 2.32. The normalized spacial score (nSPS) is 14.7. The fourth-order valence-electron chi connectivity index (χ4n) is 2.56. The number of nitrogens with one attached hydrogen (secondary N) is 1. The Balaban J connectivity index is 2.21. The first-order valence-electron chi connectivity index (χ1n) is 7.69. The molecular weight excluding hydrogens is 246 g/mol. The van der Waals surface area contributed by atoms with Gasteiger partial charge in [-0.3, -0.25) is 0 Å². The van der Waals surface area contributed by atoms with Crippen LogP contribution in [0, 0.1) is 19.8 Å². The van der Waals surface area contributed by atoms with Crippen molar-refractivity contribution >= 4 is 11.0 Å². The lowest BCUT2D eigenvalue weighted by Crippen LogP contribution is -2.27. The number of hydrogen-bond donors (Lipinski definition) is 1. The van der Waals surface area contributed by atoms with Crippen molar-refractivity contribution in [3.8, 4) is 0 Å². The molecule has 0 fully saturated rings. The Morgan fingerprint density at radius 1 is 1.20 bits per heavy atom. The lowest BCUT2D eigenvalue weighted by molar-refractivity contribution is 0.368. The molecule has 0 bridgehead atoms. The standard InChI is InChI=1S/C17H27N3/c1-6-7-18-10-14(4)15(5)20-11-19-16-8-12(2)13(3)9-17(16)20/h8-9,11,14-15,18H,6-7,10H2,1-5H3. The summed E-state index contributed by atoms with van der Waals surface area (Å²) in [7, 11) is 0. The Morgan fingerprint density at radius 3 is 2.60 bits per heavy atom. The van der Waals surface area contributed by atoms with Crippen molar-refractivity contribution in [1.29, 1.82) is 0 Å². The molecule has 1 N–H and O–H groups in total. The summed E-state index contributed by atoms with van der Waals surface area (Å²) in [5.41, 5.74) is 5.01. The summed E-state index contributed by atoms with van der Waals surface area (Å²) in [6.07, 6.45) is 3.18. The van der Waals surface area contributed by atoms with Crippen molar-refractivity contribution in [2.75, 3.05) is 13.1 Å². The molecule has 1 aromatic carbocycles. The average Bonchev–Trinajstić information content (AvgIpc) is 2.81. The molecule has 0 radical (unpaired) electrons. The van der Waals surface area contributed by atoms with Gasteiger partial charge < -0.3 is 9.88 Å². The predicted octanol–water partition coefficient (Wildman–Crippen LogP) is 3.85. The second-order valence-electron chi connectivity index (χ2n) is 6.00. The van der Waals surface area contributed by atoms with Gasteiger partial charge in [0.05, 0.1) is 17.4 Å². The first-order chi connectivity index (χ1) is 9.54. The zero-order chi connectivity index (χ0) is 14.7. The number of aromatic nitrogens is 2. The quantitative estimate of drug-likeness (QED) is 0.810. The molecule has 0 saturated heterocycles. The van der Waals surface area contributed by atoms with E-state index in [0.29, 0.717) is 12.0 Å². The summed E-state index contributed by atoms with van der Waals surface area (Å²) in [6.45, 7) is 13.3. The second-order valence-corrected chi connectivity index (χ2v) is 6.00. The van der Waals surface area contributed by atoms with Crippen LogP contribution in [-0.2, 0) is 0 Å². The Hall–Kier alpha value is -1.35. The van der Waals surface area contributed by atoms with Crippen LogP contribution in [0.4, 0.5) is 0 Å². The van der Waals surface area contributed by atoms with E-state index in [1.807, 2.05) is 6.33 Å². The molecule has 3 nitrogen and oxygen atoms in total. The number of imidazole rings is 1. The molecule has 2 atom stereocenters. The maximum Gasteiger partial charge on any atom is 0.0960 e. The van der Waals surface area contributed by atoms with Crippen LogP contribution in [0.3, 0.4) is 0 Å². The number of benzene rings is 1. The molecule has 110 valence electrons. The monoisotopic (exact) mass is 273 g/mol. The Labute approximate surface area is 122 Å². The van der Waals surface area contributed by atoms with Gasteiger partial charge in [-0.2, -0.15) is 0 Å². The van der Waals surface area contributed by atoms with Crippen LogP contribution in [0.1, 0.15) is 44.4 Å². The van der Waals surface area contributed by atoms with E-state index >= 15 is 0 Å². The topological polar surface area (TPSA) is 29.9 Å². The van der Waals surface area contributed by atoms with Crippen molar-refractivity contribution in [3.05, 3.63) is 29.6 Å². The van der Waals surface area contributed by atoms with Crippen molar-refractivity contribution in [2.24, 2.45) is 5.92 Å². The van der Waals surface area contributed by atoms with Crippen molar-refractivity contribution in [1.82, 2.24) is 14.9 Å². The maximum absolute atomic E-state index is 4.56. The van der Waals surface area contributed by atoms with Gasteiger partial charge in [-0.15, -0.1) is 0 Å². The number of fused-ring (bicyclic) bond motifs is 1. The SMILES string of the molecule is CCCNCC(C)C(C)n1cnc2cc(C)c(C)cc21. The van der Waals surface area contributed by atoms with E-state index < -0.39 is 0 Å². The first-order valence-corrected chi connectivity index (χ1v) is 7.69. The molecule has 0 spiro atoms. The van der Waals surface area contributed by atoms with Crippen molar-refractivity contribution < 1.29 is 0 Å². The number of nitrogens with zero attached hydrogens (tertiary/aromatic N) is 2. The van der Waals surface area contributed by atoms with Crippen LogP contribution in [-0.4, -0.2) is 22.6 Å². The van der Waals surface area contributed by atoms with Gasteiger partial charge in [-0.1, -0.05) is 13.8 Å². The van der Waals surface area contributed by atoms with Crippen molar-refractivity contribution in [3.63, 3.8) is 0 Å². The zero-order valence-electron chi connectivity index (χ0n) is 13.4. The van der Waals surface area contributed by atoms with Crippen molar-refractivity contribution in [2.45, 2.75) is 47.1 Å². The molecule has 2 rings (SSSR count). The third-order valence-corrected chi connectivity index (χ3v) is 4.35. The molecule has 20 heavy (non-hydrogen) atoms. The summed E-state index contributed by atoms with van der Waals surface area (Å²) >= 11 is 0. The Morgan fingerprint density at radius 2 is 1.90 bits per heavy atom. The van der Waals surface area contributed by atoms with E-state index in [1.165, 1.54) is 23.1 Å². The van der Waals surface area contributed by atoms with Crippen LogP contribution in [0.5, 0.6) is 0 Å². The lowest BCUT2D eigenvalue weighted by Gasteiger charge is -2.22. The van der Waals surface area contributed by atoms with E-state index in [2.05, 4.69) is 61.6 Å². The van der Waals surface area contributed by atoms with Gasteiger partial charge in [0.25, 0.3) is 0 Å². The van der Waals surface area contributed by atoms with Gasteiger partial charge in [-0.05, 0) is 69.5 Å². The van der Waals surface area contributed by atoms with Crippen LogP contribution < -0.4 is 5.32 Å². The third-order valence-electron chi connectivity index (χ3n) is 4.35. The molecule has 0 aliphatic rings. The van der Waals surface area contributed by atoms with Gasteiger partial charge in [-0.25, -0.2) is 4.98 Å². The summed E-state index contributed by atoms with van der Waals surface area (Å²) in [6, 6.07) is 4.90. The highest BCUT2D eigenvalue weighted by atomic mass is 15.1. The third kappa shape index (κ3) is 3.04. The van der Waals surface area contributed by atoms with Crippen LogP contribution in [0.2, 0.25) is 0 Å². The Kier molecular flexibility index (Phi) is 4.81.